The van der Waals surface area contributed by atoms with Gasteiger partial charge in [0.25, 0.3) is 0 Å². The number of hydrogen-bond donors (Lipinski definition) is 2. The van der Waals surface area contributed by atoms with Gasteiger partial charge in [-0.3, -0.25) is 0 Å². The van der Waals surface area contributed by atoms with Crippen LogP contribution in [0.25, 0.3) is 0 Å². The summed E-state index contributed by atoms with van der Waals surface area (Å²) in [6.45, 7) is 5.54. The maximum absolute atomic E-state index is 11.9. The van der Waals surface area contributed by atoms with Crippen LogP contribution in [0.5, 0.6) is 11.5 Å². The molecule has 0 radical (unpaired) electrons. The Morgan fingerprint density at radius 2 is 2.10 bits per heavy atom. The summed E-state index contributed by atoms with van der Waals surface area (Å²) in [7, 11) is 1.41. The van der Waals surface area contributed by atoms with Gasteiger partial charge in [0.1, 0.15) is 17.1 Å². The van der Waals surface area contributed by atoms with Crippen molar-refractivity contribution < 1.29 is 24.5 Å². The van der Waals surface area contributed by atoms with Crippen LogP contribution in [0.2, 0.25) is 0 Å². The van der Waals surface area contributed by atoms with Crippen molar-refractivity contribution in [2.45, 2.75) is 33.5 Å². The second-order valence-electron chi connectivity index (χ2n) is 5.02. The van der Waals surface area contributed by atoms with Crippen molar-refractivity contribution >= 4 is 5.97 Å². The smallest absolute Gasteiger partial charge is 0.345 e. The van der Waals surface area contributed by atoms with Crippen LogP contribution in [0.3, 0.4) is 0 Å². The standard InChI is InChI=1S/C15H18O5/c1-7(2)5-6-9-10-11(15(18)20-14(10)17)13(19-4)8(3)12(9)16/h5,14,16-17H,6H2,1-4H3/t14-/m0/s1. The van der Waals surface area contributed by atoms with Gasteiger partial charge in [0, 0.05) is 16.7 Å². The molecule has 0 fully saturated rings. The number of fused-ring (bicyclic) bond motifs is 1. The Balaban J connectivity index is 2.73. The minimum Gasteiger partial charge on any atom is -0.507 e. The quantitative estimate of drug-likeness (QED) is 0.656. The summed E-state index contributed by atoms with van der Waals surface area (Å²) in [5.41, 5.74) is 2.54. The number of aliphatic hydroxyl groups excluding tert-OH is 1. The lowest BCUT2D eigenvalue weighted by Gasteiger charge is -2.16. The predicted octanol–water partition coefficient (Wildman–Crippen LogP) is 2.38. The van der Waals surface area contributed by atoms with Crippen LogP contribution in [-0.2, 0) is 11.2 Å². The zero-order chi connectivity index (χ0) is 15.0. The van der Waals surface area contributed by atoms with Crippen molar-refractivity contribution in [1.29, 1.82) is 0 Å². The first-order valence-electron chi connectivity index (χ1n) is 6.33. The van der Waals surface area contributed by atoms with Crippen LogP contribution in [0.1, 0.15) is 47.2 Å². The average molecular weight is 278 g/mol. The Labute approximate surface area is 117 Å². The van der Waals surface area contributed by atoms with Crippen LogP contribution in [0.4, 0.5) is 0 Å². The maximum Gasteiger partial charge on any atom is 0.345 e. The number of cyclic esters (lactones) is 1. The summed E-state index contributed by atoms with van der Waals surface area (Å²) in [6, 6.07) is 0. The van der Waals surface area contributed by atoms with Gasteiger partial charge in [-0.15, -0.1) is 0 Å². The van der Waals surface area contributed by atoms with Gasteiger partial charge in [0.2, 0.25) is 6.29 Å². The number of phenolic OH excluding ortho intramolecular Hbond substituents is 1. The van der Waals surface area contributed by atoms with Crippen LogP contribution in [-0.4, -0.2) is 23.3 Å². The van der Waals surface area contributed by atoms with Crippen molar-refractivity contribution in [3.63, 3.8) is 0 Å². The highest BCUT2D eigenvalue weighted by Gasteiger charge is 2.38. The van der Waals surface area contributed by atoms with E-state index in [9.17, 15) is 15.0 Å². The van der Waals surface area contributed by atoms with Gasteiger partial charge in [-0.25, -0.2) is 4.79 Å². The lowest BCUT2D eigenvalue weighted by molar-refractivity contribution is -0.0551. The Hall–Kier alpha value is -2.01. The molecule has 2 rings (SSSR count). The lowest BCUT2D eigenvalue weighted by atomic mass is 9.93. The summed E-state index contributed by atoms with van der Waals surface area (Å²) >= 11 is 0. The van der Waals surface area contributed by atoms with Crippen molar-refractivity contribution in [3.8, 4) is 11.5 Å². The third kappa shape index (κ3) is 2.14. The number of carbonyl (C=O) groups excluding carboxylic acids is 1. The first-order chi connectivity index (χ1) is 9.38. The molecule has 0 bridgehead atoms. The molecule has 1 aromatic rings. The van der Waals surface area contributed by atoms with Gasteiger partial charge in [-0.2, -0.15) is 0 Å². The number of carbonyl (C=O) groups is 1. The summed E-state index contributed by atoms with van der Waals surface area (Å²) in [4.78, 5) is 11.9. The van der Waals surface area contributed by atoms with Gasteiger partial charge in [-0.05, 0) is 27.2 Å². The number of aromatic hydroxyl groups is 1. The molecule has 5 nitrogen and oxygen atoms in total. The number of methoxy groups -OCH3 is 1. The molecule has 1 atom stereocenters. The number of hydrogen-bond acceptors (Lipinski definition) is 5. The zero-order valence-corrected chi connectivity index (χ0v) is 12.0. The van der Waals surface area contributed by atoms with Crippen molar-refractivity contribution in [3.05, 3.63) is 33.9 Å². The SMILES string of the molecule is COc1c(C)c(O)c(CC=C(C)C)c2c1C(=O)O[C@@H]2O. The van der Waals surface area contributed by atoms with Crippen molar-refractivity contribution in [1.82, 2.24) is 0 Å². The number of rotatable bonds is 3. The Bertz CT molecular complexity index is 597. The van der Waals surface area contributed by atoms with Crippen molar-refractivity contribution in [2.75, 3.05) is 7.11 Å². The first-order valence-corrected chi connectivity index (χ1v) is 6.33. The highest BCUT2D eigenvalue weighted by Crippen LogP contribution is 2.45. The molecule has 0 aliphatic carbocycles. The highest BCUT2D eigenvalue weighted by atomic mass is 16.6. The van der Waals surface area contributed by atoms with E-state index in [-0.39, 0.29) is 17.1 Å². The predicted molar refractivity (Wildman–Crippen MR) is 72.9 cm³/mol. The van der Waals surface area contributed by atoms with Gasteiger partial charge in [0.15, 0.2) is 0 Å². The summed E-state index contributed by atoms with van der Waals surface area (Å²) < 4.78 is 10.0. The van der Waals surface area contributed by atoms with Crippen molar-refractivity contribution in [2.24, 2.45) is 0 Å². The normalized spacial score (nSPS) is 16.6. The molecule has 0 spiro atoms. The van der Waals surface area contributed by atoms with E-state index in [1.54, 1.807) is 6.92 Å². The van der Waals surface area contributed by atoms with E-state index in [0.29, 0.717) is 23.1 Å². The van der Waals surface area contributed by atoms with Gasteiger partial charge in [0.05, 0.1) is 7.11 Å². The Morgan fingerprint density at radius 1 is 1.45 bits per heavy atom. The average Bonchev–Trinajstić information content (AvgIpc) is 2.66. The molecule has 1 heterocycles. The lowest BCUT2D eigenvalue weighted by Crippen LogP contribution is -2.04. The van der Waals surface area contributed by atoms with E-state index in [1.807, 2.05) is 19.9 Å². The van der Waals surface area contributed by atoms with Gasteiger partial charge < -0.3 is 19.7 Å². The molecular formula is C15H18O5. The minimum atomic E-state index is -1.36. The van der Waals surface area contributed by atoms with Crippen LogP contribution >= 0.6 is 0 Å². The molecule has 0 amide bonds. The largest absolute Gasteiger partial charge is 0.507 e. The number of benzene rings is 1. The molecule has 0 saturated heterocycles. The van der Waals surface area contributed by atoms with Gasteiger partial charge >= 0.3 is 5.97 Å². The molecular weight excluding hydrogens is 260 g/mol. The van der Waals surface area contributed by atoms with Crippen LogP contribution in [0, 0.1) is 6.92 Å². The summed E-state index contributed by atoms with van der Waals surface area (Å²) in [5.74, 6) is -0.360. The van der Waals surface area contributed by atoms with E-state index < -0.39 is 12.3 Å². The van der Waals surface area contributed by atoms with Crippen LogP contribution in [0.15, 0.2) is 11.6 Å². The van der Waals surface area contributed by atoms with E-state index >= 15 is 0 Å². The molecule has 1 aliphatic rings. The molecule has 1 aliphatic heterocycles. The molecule has 0 unspecified atom stereocenters. The summed E-state index contributed by atoms with van der Waals surface area (Å²) in [5, 5.41) is 20.2. The fourth-order valence-electron chi connectivity index (χ4n) is 2.38. The molecule has 0 aromatic heterocycles. The molecule has 0 saturated carbocycles. The fraction of sp³-hybridized carbons (Fsp3) is 0.400. The Kier molecular flexibility index (Phi) is 3.72. The summed E-state index contributed by atoms with van der Waals surface area (Å²) in [6.07, 6.45) is 0.963. The molecule has 2 N–H and O–H groups in total. The highest BCUT2D eigenvalue weighted by molar-refractivity contribution is 5.98. The topological polar surface area (TPSA) is 76.0 Å². The molecule has 108 valence electrons. The number of allylic oxidation sites excluding steroid dienone is 2. The molecule has 1 aromatic carbocycles. The number of esters is 1. The zero-order valence-electron chi connectivity index (χ0n) is 12.0. The number of ether oxygens (including phenoxy) is 2. The minimum absolute atomic E-state index is 0.0236. The van der Waals surface area contributed by atoms with E-state index in [0.717, 1.165) is 5.57 Å². The van der Waals surface area contributed by atoms with E-state index in [4.69, 9.17) is 9.47 Å². The maximum atomic E-state index is 11.9. The second kappa shape index (κ2) is 5.17. The van der Waals surface area contributed by atoms with Gasteiger partial charge in [-0.1, -0.05) is 11.6 Å². The first kappa shape index (κ1) is 14.4. The third-order valence-electron chi connectivity index (χ3n) is 3.39. The second-order valence-corrected chi connectivity index (χ2v) is 5.02. The van der Waals surface area contributed by atoms with Crippen LogP contribution < -0.4 is 4.74 Å². The fourth-order valence-corrected chi connectivity index (χ4v) is 2.38. The van der Waals surface area contributed by atoms with E-state index in [2.05, 4.69) is 0 Å². The Morgan fingerprint density at radius 3 is 2.65 bits per heavy atom. The molecule has 20 heavy (non-hydrogen) atoms. The monoisotopic (exact) mass is 278 g/mol. The third-order valence-corrected chi connectivity index (χ3v) is 3.39. The van der Waals surface area contributed by atoms with E-state index in [1.165, 1.54) is 7.11 Å². The molecule has 5 heteroatoms. The number of phenols is 1. The number of aliphatic hydroxyl groups is 1.